The Balaban J connectivity index is 2.36. The minimum atomic E-state index is -1.36. The summed E-state index contributed by atoms with van der Waals surface area (Å²) in [6, 6.07) is 14.3. The van der Waals surface area contributed by atoms with Crippen LogP contribution in [0.2, 0.25) is 25.7 Å². The lowest BCUT2D eigenvalue weighted by molar-refractivity contribution is 0.0435. The highest BCUT2D eigenvalue weighted by molar-refractivity contribution is 7.98. The van der Waals surface area contributed by atoms with Gasteiger partial charge in [-0.05, 0) is 42.3 Å². The van der Waals surface area contributed by atoms with Gasteiger partial charge < -0.3 is 18.9 Å². The number of thioether (sulfide) groups is 1. The third-order valence-electron chi connectivity index (χ3n) is 4.70. The normalized spacial score (nSPS) is 10.9. The summed E-state index contributed by atoms with van der Waals surface area (Å²) in [4.78, 5) is 17.1. The molecule has 2 rings (SSSR count). The molecule has 10 heteroatoms. The first kappa shape index (κ1) is 27.6. The van der Waals surface area contributed by atoms with E-state index in [1.54, 1.807) is 23.9 Å². The standard InChI is InChI=1S/C24H33N3O5SSi/c1-29-18-32-22-12-11-21(30-14-8-13-26-27-25)20(17-33-19-9-6-5-7-10-19)23(22)24(28)31-15-16-34(2,3)4/h5-7,9-12H,8,13-18H2,1-4H3. The number of carbonyl (C=O) groups excluding carboxylic acids is 1. The van der Waals surface area contributed by atoms with Crippen LogP contribution in [-0.2, 0) is 15.2 Å². The van der Waals surface area contributed by atoms with Crippen LogP contribution in [0.15, 0.2) is 52.5 Å². The highest BCUT2D eigenvalue weighted by atomic mass is 32.2. The number of rotatable bonds is 15. The predicted molar refractivity (Wildman–Crippen MR) is 138 cm³/mol. The van der Waals surface area contributed by atoms with E-state index in [1.165, 1.54) is 7.11 Å². The Morgan fingerprint density at radius 2 is 1.79 bits per heavy atom. The third-order valence-corrected chi connectivity index (χ3v) is 7.45. The lowest BCUT2D eigenvalue weighted by Gasteiger charge is -2.20. The van der Waals surface area contributed by atoms with Crippen molar-refractivity contribution in [3.05, 3.63) is 64.0 Å². The number of esters is 1. The number of hydrogen-bond acceptors (Lipinski definition) is 7. The Morgan fingerprint density at radius 1 is 1.06 bits per heavy atom. The van der Waals surface area contributed by atoms with Gasteiger partial charge >= 0.3 is 5.97 Å². The largest absolute Gasteiger partial charge is 0.493 e. The minimum Gasteiger partial charge on any atom is -0.493 e. The molecule has 0 heterocycles. The highest BCUT2D eigenvalue weighted by Gasteiger charge is 2.24. The SMILES string of the molecule is COCOc1ccc(OCCCN=[N+]=[N-])c(CSc2ccccc2)c1C(=O)OCC[Si](C)(C)C. The van der Waals surface area contributed by atoms with Crippen molar-refractivity contribution < 1.29 is 23.7 Å². The lowest BCUT2D eigenvalue weighted by Crippen LogP contribution is -2.23. The summed E-state index contributed by atoms with van der Waals surface area (Å²) in [5, 5.41) is 3.54. The highest BCUT2D eigenvalue weighted by Crippen LogP contribution is 2.36. The van der Waals surface area contributed by atoms with E-state index >= 15 is 0 Å². The molecule has 0 aliphatic rings. The number of methoxy groups -OCH3 is 1. The van der Waals surface area contributed by atoms with E-state index in [4.69, 9.17) is 24.5 Å². The van der Waals surface area contributed by atoms with Crippen molar-refractivity contribution in [2.45, 2.75) is 42.8 Å². The van der Waals surface area contributed by atoms with Crippen LogP contribution < -0.4 is 9.47 Å². The molecule has 0 saturated carbocycles. The smallest absolute Gasteiger partial charge is 0.342 e. The molecular formula is C24H33N3O5SSi. The Hall–Kier alpha value is -2.65. The monoisotopic (exact) mass is 503 g/mol. The van der Waals surface area contributed by atoms with Gasteiger partial charge in [0.25, 0.3) is 0 Å². The fraction of sp³-hybridized carbons (Fsp3) is 0.458. The van der Waals surface area contributed by atoms with Crippen LogP contribution in [0.1, 0.15) is 22.3 Å². The second kappa shape index (κ2) is 14.6. The van der Waals surface area contributed by atoms with Gasteiger partial charge in [-0.2, -0.15) is 0 Å². The topological polar surface area (TPSA) is 103 Å². The summed E-state index contributed by atoms with van der Waals surface area (Å²) in [5.74, 6) is 1.02. The van der Waals surface area contributed by atoms with Crippen LogP contribution in [0.4, 0.5) is 0 Å². The molecule has 0 saturated heterocycles. The first-order valence-corrected chi connectivity index (χ1v) is 15.8. The number of azide groups is 1. The molecule has 0 amide bonds. The molecule has 0 unspecified atom stereocenters. The zero-order valence-electron chi connectivity index (χ0n) is 20.3. The number of nitrogens with zero attached hydrogens (tertiary/aromatic N) is 3. The average molecular weight is 504 g/mol. The maximum atomic E-state index is 13.3. The van der Waals surface area contributed by atoms with E-state index < -0.39 is 14.0 Å². The predicted octanol–water partition coefficient (Wildman–Crippen LogP) is 6.54. The van der Waals surface area contributed by atoms with Crippen molar-refractivity contribution in [1.29, 1.82) is 0 Å². The molecule has 2 aromatic carbocycles. The second-order valence-corrected chi connectivity index (χ2v) is 15.3. The Bertz CT molecular complexity index is 963. The Labute approximate surface area is 206 Å². The molecular weight excluding hydrogens is 470 g/mol. The number of hydrogen-bond donors (Lipinski definition) is 0. The average Bonchev–Trinajstić information content (AvgIpc) is 2.81. The summed E-state index contributed by atoms with van der Waals surface area (Å²) in [6.07, 6.45) is 0.563. The summed E-state index contributed by atoms with van der Waals surface area (Å²) in [7, 11) is 0.163. The Kier molecular flexibility index (Phi) is 11.8. The van der Waals surface area contributed by atoms with Crippen LogP contribution in [0, 0.1) is 0 Å². The van der Waals surface area contributed by atoms with E-state index in [2.05, 4.69) is 29.7 Å². The van der Waals surface area contributed by atoms with Gasteiger partial charge in [-0.3, -0.25) is 0 Å². The molecule has 2 aromatic rings. The molecule has 0 bridgehead atoms. The van der Waals surface area contributed by atoms with E-state index in [0.717, 1.165) is 10.9 Å². The van der Waals surface area contributed by atoms with Gasteiger partial charge in [0.1, 0.15) is 17.1 Å². The van der Waals surface area contributed by atoms with Gasteiger partial charge in [-0.25, -0.2) is 4.79 Å². The molecule has 0 N–H and O–H groups in total. The number of carbonyl (C=O) groups is 1. The fourth-order valence-corrected chi connectivity index (χ4v) is 4.57. The summed E-state index contributed by atoms with van der Waals surface area (Å²) >= 11 is 1.59. The quantitative estimate of drug-likeness (QED) is 0.0400. The third kappa shape index (κ3) is 9.68. The number of benzene rings is 2. The van der Waals surface area contributed by atoms with Crippen molar-refractivity contribution in [3.8, 4) is 11.5 Å². The molecule has 8 nitrogen and oxygen atoms in total. The van der Waals surface area contributed by atoms with Crippen LogP contribution in [0.25, 0.3) is 10.4 Å². The maximum absolute atomic E-state index is 13.3. The fourth-order valence-electron chi connectivity index (χ4n) is 2.91. The van der Waals surface area contributed by atoms with Gasteiger partial charge in [-0.15, -0.1) is 11.8 Å². The second-order valence-electron chi connectivity index (χ2n) is 8.67. The van der Waals surface area contributed by atoms with Gasteiger partial charge in [-0.1, -0.05) is 43.0 Å². The van der Waals surface area contributed by atoms with Crippen molar-refractivity contribution in [1.82, 2.24) is 0 Å². The zero-order chi connectivity index (χ0) is 24.8. The molecule has 34 heavy (non-hydrogen) atoms. The lowest BCUT2D eigenvalue weighted by atomic mass is 10.1. The molecule has 0 aliphatic carbocycles. The molecule has 0 fully saturated rings. The van der Waals surface area contributed by atoms with E-state index in [-0.39, 0.29) is 6.79 Å². The van der Waals surface area contributed by atoms with E-state index in [0.29, 0.717) is 54.6 Å². The van der Waals surface area contributed by atoms with Gasteiger partial charge in [0.2, 0.25) is 0 Å². The van der Waals surface area contributed by atoms with Crippen molar-refractivity contribution in [3.63, 3.8) is 0 Å². The first-order valence-electron chi connectivity index (χ1n) is 11.1. The maximum Gasteiger partial charge on any atom is 0.342 e. The van der Waals surface area contributed by atoms with E-state index in [9.17, 15) is 4.79 Å². The zero-order valence-corrected chi connectivity index (χ0v) is 22.1. The van der Waals surface area contributed by atoms with Crippen LogP contribution in [0.5, 0.6) is 11.5 Å². The summed E-state index contributed by atoms with van der Waals surface area (Å²) in [5.41, 5.74) is 9.52. The number of ether oxygens (including phenoxy) is 4. The summed E-state index contributed by atoms with van der Waals surface area (Å²) in [6.45, 7) is 7.77. The molecule has 0 atom stereocenters. The minimum absolute atomic E-state index is 0.00677. The van der Waals surface area contributed by atoms with Gasteiger partial charge in [0.15, 0.2) is 6.79 Å². The van der Waals surface area contributed by atoms with Crippen LogP contribution in [-0.4, -0.2) is 47.7 Å². The van der Waals surface area contributed by atoms with Gasteiger partial charge in [0.05, 0.1) is 13.2 Å². The molecule has 0 aromatic heterocycles. The van der Waals surface area contributed by atoms with E-state index in [1.807, 2.05) is 30.3 Å². The Morgan fingerprint density at radius 3 is 2.47 bits per heavy atom. The van der Waals surface area contributed by atoms with Crippen LogP contribution in [0.3, 0.4) is 0 Å². The first-order chi connectivity index (χ1) is 16.4. The van der Waals surface area contributed by atoms with Gasteiger partial charge in [0, 0.05) is 42.9 Å². The molecule has 0 spiro atoms. The molecule has 0 aliphatic heterocycles. The molecule has 0 radical (unpaired) electrons. The molecule has 184 valence electrons. The van der Waals surface area contributed by atoms with Crippen molar-refractivity contribution >= 4 is 25.8 Å². The summed E-state index contributed by atoms with van der Waals surface area (Å²) < 4.78 is 22.5. The van der Waals surface area contributed by atoms with Crippen molar-refractivity contribution in [2.75, 3.05) is 33.7 Å². The van der Waals surface area contributed by atoms with Crippen molar-refractivity contribution in [2.24, 2.45) is 5.11 Å². The van der Waals surface area contributed by atoms with Crippen LogP contribution >= 0.6 is 11.8 Å².